The SMILES string of the molecule is O=C([O-])c1cc(-c2ccc(-c3ccc(Br)c(Cl)c3)o2)nc2ccc(Cl)cc12. The predicted octanol–water partition coefficient (Wildman–Crippen LogP) is 5.59. The molecular weight excluding hydrogens is 453 g/mol. The molecule has 0 atom stereocenters. The van der Waals surface area contributed by atoms with Gasteiger partial charge in [-0.2, -0.15) is 0 Å². The van der Waals surface area contributed by atoms with Crippen LogP contribution in [0.5, 0.6) is 0 Å². The number of pyridine rings is 1. The number of hydrogen-bond donors (Lipinski definition) is 0. The number of carbonyl (C=O) groups excluding carboxylic acids is 1. The molecule has 0 saturated heterocycles. The summed E-state index contributed by atoms with van der Waals surface area (Å²) in [5.41, 5.74) is 1.67. The Bertz CT molecular complexity index is 1200. The summed E-state index contributed by atoms with van der Waals surface area (Å²) in [5, 5.41) is 13.0. The number of rotatable bonds is 3. The highest BCUT2D eigenvalue weighted by Crippen LogP contribution is 2.33. The smallest absolute Gasteiger partial charge is 0.153 e. The van der Waals surface area contributed by atoms with Gasteiger partial charge >= 0.3 is 0 Å². The molecular formula is C20H9BrCl2NO3-. The third-order valence-corrected chi connectivity index (χ3v) is 5.52. The van der Waals surface area contributed by atoms with Crippen LogP contribution in [0.25, 0.3) is 33.7 Å². The van der Waals surface area contributed by atoms with Crippen molar-refractivity contribution in [2.24, 2.45) is 0 Å². The molecule has 2 aromatic carbocycles. The maximum absolute atomic E-state index is 11.6. The first-order valence-corrected chi connectivity index (χ1v) is 9.34. The predicted molar refractivity (Wildman–Crippen MR) is 107 cm³/mol. The lowest BCUT2D eigenvalue weighted by Crippen LogP contribution is -2.22. The first-order chi connectivity index (χ1) is 12.9. The van der Waals surface area contributed by atoms with E-state index in [0.717, 1.165) is 10.0 Å². The minimum atomic E-state index is -1.31. The van der Waals surface area contributed by atoms with Gasteiger partial charge in [0.25, 0.3) is 0 Å². The van der Waals surface area contributed by atoms with Crippen LogP contribution in [-0.2, 0) is 0 Å². The molecule has 0 aliphatic heterocycles. The Morgan fingerprint density at radius 1 is 1.00 bits per heavy atom. The van der Waals surface area contributed by atoms with Crippen LogP contribution in [0.15, 0.2) is 63.5 Å². The average molecular weight is 462 g/mol. The standard InChI is InChI=1S/C20H10BrCl2NO3/c21-14-3-1-10(7-15(14)23)18-5-6-19(27-18)17-9-13(20(25)26)12-8-11(22)2-4-16(12)24-17/h1-9H,(H,25,26)/p-1. The summed E-state index contributed by atoms with van der Waals surface area (Å²) in [6.07, 6.45) is 0. The van der Waals surface area contributed by atoms with Gasteiger partial charge in [-0.15, -0.1) is 0 Å². The highest BCUT2D eigenvalue weighted by Gasteiger charge is 2.13. The van der Waals surface area contributed by atoms with Crippen molar-refractivity contribution >= 4 is 56.0 Å². The summed E-state index contributed by atoms with van der Waals surface area (Å²) in [5.74, 6) is -0.284. The van der Waals surface area contributed by atoms with Crippen molar-refractivity contribution in [3.63, 3.8) is 0 Å². The molecule has 0 fully saturated rings. The van der Waals surface area contributed by atoms with Gasteiger partial charge in [-0.3, -0.25) is 0 Å². The summed E-state index contributed by atoms with van der Waals surface area (Å²) in [7, 11) is 0. The summed E-state index contributed by atoms with van der Waals surface area (Å²) >= 11 is 15.5. The molecule has 134 valence electrons. The molecule has 4 nitrogen and oxygen atoms in total. The van der Waals surface area contributed by atoms with Crippen molar-refractivity contribution in [3.8, 4) is 22.8 Å². The Balaban J connectivity index is 1.83. The molecule has 4 aromatic rings. The van der Waals surface area contributed by atoms with E-state index >= 15 is 0 Å². The van der Waals surface area contributed by atoms with Gasteiger partial charge in [0.05, 0.1) is 16.5 Å². The van der Waals surface area contributed by atoms with Gasteiger partial charge in [0.1, 0.15) is 11.5 Å². The lowest BCUT2D eigenvalue weighted by molar-refractivity contribution is -0.254. The maximum atomic E-state index is 11.6. The monoisotopic (exact) mass is 460 g/mol. The molecule has 0 amide bonds. The molecule has 0 aliphatic rings. The lowest BCUT2D eigenvalue weighted by atomic mass is 10.1. The van der Waals surface area contributed by atoms with Gasteiger partial charge in [0.2, 0.25) is 0 Å². The highest BCUT2D eigenvalue weighted by atomic mass is 79.9. The number of hydrogen-bond acceptors (Lipinski definition) is 4. The largest absolute Gasteiger partial charge is 0.545 e. The molecule has 0 aliphatic carbocycles. The van der Waals surface area contributed by atoms with E-state index in [2.05, 4.69) is 20.9 Å². The van der Waals surface area contributed by atoms with Gasteiger partial charge in [0, 0.05) is 26.0 Å². The fourth-order valence-electron chi connectivity index (χ4n) is 2.77. The van der Waals surface area contributed by atoms with Crippen molar-refractivity contribution in [1.82, 2.24) is 4.98 Å². The van der Waals surface area contributed by atoms with Crippen LogP contribution in [-0.4, -0.2) is 11.0 Å². The van der Waals surface area contributed by atoms with Crippen LogP contribution >= 0.6 is 39.1 Å². The molecule has 2 aromatic heterocycles. The topological polar surface area (TPSA) is 66.2 Å². The number of carbonyl (C=O) groups is 1. The number of nitrogens with zero attached hydrogens (tertiary/aromatic N) is 1. The van der Waals surface area contributed by atoms with E-state index in [9.17, 15) is 9.90 Å². The average Bonchev–Trinajstić information content (AvgIpc) is 3.13. The Labute approximate surface area is 172 Å². The highest BCUT2D eigenvalue weighted by molar-refractivity contribution is 9.10. The van der Waals surface area contributed by atoms with Crippen molar-refractivity contribution in [1.29, 1.82) is 0 Å². The van der Waals surface area contributed by atoms with Crippen LogP contribution in [0.2, 0.25) is 10.0 Å². The molecule has 0 unspecified atom stereocenters. The zero-order valence-electron chi connectivity index (χ0n) is 13.5. The molecule has 0 saturated carbocycles. The summed E-state index contributed by atoms with van der Waals surface area (Å²) < 4.78 is 6.67. The number of halogens is 3. The number of carboxylic acids is 1. The molecule has 0 N–H and O–H groups in total. The normalized spacial score (nSPS) is 11.1. The van der Waals surface area contributed by atoms with Crippen LogP contribution in [0.4, 0.5) is 0 Å². The molecule has 27 heavy (non-hydrogen) atoms. The minimum absolute atomic E-state index is 0.00198. The second kappa shape index (κ2) is 7.00. The van der Waals surface area contributed by atoms with Gasteiger partial charge in [-0.1, -0.05) is 29.3 Å². The van der Waals surface area contributed by atoms with E-state index in [1.807, 2.05) is 12.1 Å². The van der Waals surface area contributed by atoms with E-state index in [1.54, 1.807) is 36.4 Å². The third-order valence-electron chi connectivity index (χ3n) is 4.05. The van der Waals surface area contributed by atoms with Crippen molar-refractivity contribution < 1.29 is 14.3 Å². The van der Waals surface area contributed by atoms with Gasteiger partial charge in [-0.25, -0.2) is 4.98 Å². The third kappa shape index (κ3) is 3.46. The molecule has 4 rings (SSSR count). The maximum Gasteiger partial charge on any atom is 0.153 e. The fraction of sp³-hybridized carbons (Fsp3) is 0. The Kier molecular flexibility index (Phi) is 4.68. The van der Waals surface area contributed by atoms with Crippen LogP contribution < -0.4 is 5.11 Å². The number of carboxylic acid groups (broad SMARTS) is 1. The van der Waals surface area contributed by atoms with E-state index < -0.39 is 5.97 Å². The molecule has 2 heterocycles. The fourth-order valence-corrected chi connectivity index (χ4v) is 3.37. The van der Waals surface area contributed by atoms with Crippen molar-refractivity contribution in [3.05, 3.63) is 74.7 Å². The second-order valence-corrected chi connectivity index (χ2v) is 7.49. The Hall–Kier alpha value is -2.34. The number of fused-ring (bicyclic) bond motifs is 1. The van der Waals surface area contributed by atoms with E-state index in [4.69, 9.17) is 27.6 Å². The summed E-state index contributed by atoms with van der Waals surface area (Å²) in [6, 6.07) is 15.3. The molecule has 0 radical (unpaired) electrons. The van der Waals surface area contributed by atoms with Crippen molar-refractivity contribution in [2.45, 2.75) is 0 Å². The van der Waals surface area contributed by atoms with Crippen LogP contribution in [0, 0.1) is 0 Å². The quantitative estimate of drug-likeness (QED) is 0.398. The first-order valence-electron chi connectivity index (χ1n) is 7.79. The number of aromatic nitrogens is 1. The first kappa shape index (κ1) is 18.0. The summed E-state index contributed by atoms with van der Waals surface area (Å²) in [4.78, 5) is 16.1. The number of benzene rings is 2. The Morgan fingerprint density at radius 2 is 1.78 bits per heavy atom. The molecule has 7 heteroatoms. The lowest BCUT2D eigenvalue weighted by Gasteiger charge is -2.09. The van der Waals surface area contributed by atoms with E-state index in [0.29, 0.717) is 38.2 Å². The van der Waals surface area contributed by atoms with Gasteiger partial charge in [0.15, 0.2) is 5.76 Å². The van der Waals surface area contributed by atoms with E-state index in [-0.39, 0.29) is 5.56 Å². The minimum Gasteiger partial charge on any atom is -0.545 e. The summed E-state index contributed by atoms with van der Waals surface area (Å²) in [6.45, 7) is 0. The molecule has 0 bridgehead atoms. The molecule has 0 spiro atoms. The van der Waals surface area contributed by atoms with Gasteiger partial charge in [-0.05, 0) is 64.5 Å². The van der Waals surface area contributed by atoms with Crippen LogP contribution in [0.3, 0.4) is 0 Å². The van der Waals surface area contributed by atoms with Crippen LogP contribution in [0.1, 0.15) is 10.4 Å². The second-order valence-electron chi connectivity index (χ2n) is 5.80. The number of aromatic carboxylic acids is 1. The van der Waals surface area contributed by atoms with Gasteiger partial charge < -0.3 is 14.3 Å². The zero-order valence-corrected chi connectivity index (χ0v) is 16.6. The van der Waals surface area contributed by atoms with Crippen molar-refractivity contribution in [2.75, 3.05) is 0 Å². The Morgan fingerprint density at radius 3 is 2.52 bits per heavy atom. The number of furan rings is 1. The van der Waals surface area contributed by atoms with E-state index in [1.165, 1.54) is 6.07 Å². The zero-order chi connectivity index (χ0) is 19.1.